The number of tetrazole rings is 1. The van der Waals surface area contributed by atoms with Gasteiger partial charge in [0.1, 0.15) is 0 Å². The zero-order valence-electron chi connectivity index (χ0n) is 15.3. The Morgan fingerprint density at radius 2 is 1.37 bits per heavy atom. The molecule has 0 saturated carbocycles. The van der Waals surface area contributed by atoms with E-state index in [-0.39, 0.29) is 11.1 Å². The summed E-state index contributed by atoms with van der Waals surface area (Å²) in [6, 6.07) is 17.1. The van der Waals surface area contributed by atoms with Gasteiger partial charge in [-0.2, -0.15) is 5.21 Å². The highest BCUT2D eigenvalue weighted by Gasteiger charge is 2.16. The molecule has 0 fully saturated rings. The molecule has 5 rings (SSSR count). The van der Waals surface area contributed by atoms with E-state index >= 15 is 0 Å². The zero-order chi connectivity index (χ0) is 20.8. The van der Waals surface area contributed by atoms with Crippen molar-refractivity contribution in [1.82, 2.24) is 25.2 Å². The van der Waals surface area contributed by atoms with Crippen LogP contribution in [0.5, 0.6) is 0 Å². The van der Waals surface area contributed by atoms with Crippen molar-refractivity contribution in [1.29, 1.82) is 0 Å². The Balaban J connectivity index is 1.78. The minimum Gasteiger partial charge on any atom is -0.478 e. The quantitative estimate of drug-likeness (QED) is 0.422. The first-order valence-corrected chi connectivity index (χ1v) is 8.92. The van der Waals surface area contributed by atoms with Crippen molar-refractivity contribution in [2.24, 2.45) is 0 Å². The Morgan fingerprint density at radius 1 is 0.800 bits per heavy atom. The third-order valence-corrected chi connectivity index (χ3v) is 4.99. The van der Waals surface area contributed by atoms with Gasteiger partial charge in [-0.15, -0.1) is 10.2 Å². The summed E-state index contributed by atoms with van der Waals surface area (Å²) in [6.07, 6.45) is 0. The molecule has 0 atom stereocenters. The van der Waals surface area contributed by atoms with Gasteiger partial charge in [-0.05, 0) is 65.9 Å². The van der Waals surface area contributed by atoms with Gasteiger partial charge in [0.05, 0.1) is 22.2 Å². The largest absolute Gasteiger partial charge is 0.478 e. The zero-order valence-corrected chi connectivity index (χ0v) is 15.3. The van der Waals surface area contributed by atoms with Crippen molar-refractivity contribution >= 4 is 33.7 Å². The molecule has 9 heteroatoms. The minimum atomic E-state index is -1.04. The maximum Gasteiger partial charge on any atom is 0.335 e. The van der Waals surface area contributed by atoms with Gasteiger partial charge in [-0.1, -0.05) is 0 Å². The van der Waals surface area contributed by atoms with E-state index < -0.39 is 11.9 Å². The van der Waals surface area contributed by atoms with Crippen LogP contribution in [0.15, 0.2) is 60.7 Å². The fraction of sp³-hybridized carbons (Fsp3) is 0. The van der Waals surface area contributed by atoms with Crippen molar-refractivity contribution < 1.29 is 19.8 Å². The van der Waals surface area contributed by atoms with Gasteiger partial charge in [0.15, 0.2) is 0 Å². The molecule has 0 spiro atoms. The van der Waals surface area contributed by atoms with E-state index in [2.05, 4.69) is 20.6 Å². The molecule has 2 aromatic heterocycles. The molecule has 2 heterocycles. The van der Waals surface area contributed by atoms with Crippen LogP contribution in [-0.2, 0) is 0 Å². The van der Waals surface area contributed by atoms with Crippen LogP contribution in [0.25, 0.3) is 38.9 Å². The topological polar surface area (TPSA) is 134 Å². The van der Waals surface area contributed by atoms with Gasteiger partial charge >= 0.3 is 11.9 Å². The second-order valence-corrected chi connectivity index (χ2v) is 6.69. The number of hydrogen-bond donors (Lipinski definition) is 3. The SMILES string of the molecule is O=C(O)c1ccc2c(c1)c1cc(C(=O)O)ccc1n2-c1ccc(-c2nn[nH]n2)cc1. The van der Waals surface area contributed by atoms with Crippen LogP contribution < -0.4 is 0 Å². The summed E-state index contributed by atoms with van der Waals surface area (Å²) >= 11 is 0. The smallest absolute Gasteiger partial charge is 0.335 e. The highest BCUT2D eigenvalue weighted by molar-refractivity contribution is 6.12. The predicted molar refractivity (Wildman–Crippen MR) is 108 cm³/mol. The number of carboxylic acid groups (broad SMARTS) is 2. The molecular formula is C21H13N5O4. The summed E-state index contributed by atoms with van der Waals surface area (Å²) in [5.74, 6) is -1.62. The number of aromatic amines is 1. The maximum absolute atomic E-state index is 11.5. The maximum atomic E-state index is 11.5. The summed E-state index contributed by atoms with van der Waals surface area (Å²) < 4.78 is 1.96. The summed E-state index contributed by atoms with van der Waals surface area (Å²) in [5.41, 5.74) is 3.42. The highest BCUT2D eigenvalue weighted by atomic mass is 16.4. The number of nitrogens with one attached hydrogen (secondary N) is 1. The third-order valence-electron chi connectivity index (χ3n) is 4.99. The molecular weight excluding hydrogens is 386 g/mol. The van der Waals surface area contributed by atoms with Crippen molar-refractivity contribution in [2.75, 3.05) is 0 Å². The first-order valence-electron chi connectivity index (χ1n) is 8.92. The lowest BCUT2D eigenvalue weighted by Gasteiger charge is -2.08. The van der Waals surface area contributed by atoms with Gasteiger partial charge in [0.25, 0.3) is 0 Å². The molecule has 9 nitrogen and oxygen atoms in total. The summed E-state index contributed by atoms with van der Waals surface area (Å²) in [4.78, 5) is 22.9. The van der Waals surface area contributed by atoms with E-state index in [9.17, 15) is 19.8 Å². The van der Waals surface area contributed by atoms with Gasteiger partial charge in [-0.25, -0.2) is 9.59 Å². The standard InChI is InChI=1S/C21H13N5O4/c27-20(28)12-3-7-17-15(9-12)16-10-13(21(29)30)4-8-18(16)26(17)14-5-1-11(2-6-14)19-22-24-25-23-19/h1-10H,(H,27,28)(H,29,30)(H,22,23,24,25). The van der Waals surface area contributed by atoms with Crippen LogP contribution in [0.4, 0.5) is 0 Å². The number of nitrogens with zero attached hydrogens (tertiary/aromatic N) is 4. The molecule has 3 N–H and O–H groups in total. The normalized spacial score (nSPS) is 11.2. The molecule has 0 unspecified atom stereocenters. The summed E-state index contributed by atoms with van der Waals surface area (Å²) in [5, 5.41) is 34.0. The monoisotopic (exact) mass is 399 g/mol. The van der Waals surface area contributed by atoms with Gasteiger partial charge in [-0.3, -0.25) is 0 Å². The molecule has 0 aliphatic rings. The van der Waals surface area contributed by atoms with E-state index in [1.54, 1.807) is 24.3 Å². The summed E-state index contributed by atoms with van der Waals surface area (Å²) in [6.45, 7) is 0. The van der Waals surface area contributed by atoms with E-state index in [0.29, 0.717) is 16.6 Å². The van der Waals surface area contributed by atoms with Crippen LogP contribution >= 0.6 is 0 Å². The van der Waals surface area contributed by atoms with Crippen LogP contribution in [-0.4, -0.2) is 47.3 Å². The lowest BCUT2D eigenvalue weighted by Crippen LogP contribution is -1.97. The molecule has 3 aromatic carbocycles. The van der Waals surface area contributed by atoms with Crippen LogP contribution in [0.3, 0.4) is 0 Å². The molecule has 0 radical (unpaired) electrons. The number of aromatic nitrogens is 5. The van der Waals surface area contributed by atoms with Crippen LogP contribution in [0.1, 0.15) is 20.7 Å². The summed E-state index contributed by atoms with van der Waals surface area (Å²) in [7, 11) is 0. The van der Waals surface area contributed by atoms with Crippen LogP contribution in [0.2, 0.25) is 0 Å². The predicted octanol–water partition coefficient (Wildman–Crippen LogP) is 3.36. The van der Waals surface area contributed by atoms with Crippen molar-refractivity contribution in [2.45, 2.75) is 0 Å². The number of carboxylic acids is 2. The average Bonchev–Trinajstić information content (AvgIpc) is 3.39. The lowest BCUT2D eigenvalue weighted by atomic mass is 10.1. The second kappa shape index (κ2) is 6.52. The Kier molecular flexibility index (Phi) is 3.82. The fourth-order valence-electron chi connectivity index (χ4n) is 3.61. The van der Waals surface area contributed by atoms with Crippen molar-refractivity contribution in [3.8, 4) is 17.1 Å². The van der Waals surface area contributed by atoms with E-state index in [4.69, 9.17) is 0 Å². The molecule has 146 valence electrons. The third kappa shape index (κ3) is 2.68. The lowest BCUT2D eigenvalue weighted by molar-refractivity contribution is 0.0686. The number of hydrogen-bond acceptors (Lipinski definition) is 5. The van der Waals surface area contributed by atoms with E-state index in [0.717, 1.165) is 22.3 Å². The molecule has 0 aliphatic carbocycles. The number of H-pyrrole nitrogens is 1. The van der Waals surface area contributed by atoms with Gasteiger partial charge in [0.2, 0.25) is 5.82 Å². The number of fused-ring (bicyclic) bond motifs is 3. The number of carbonyl (C=O) groups is 2. The highest BCUT2D eigenvalue weighted by Crippen LogP contribution is 2.34. The Labute approximate surface area is 168 Å². The molecule has 30 heavy (non-hydrogen) atoms. The Morgan fingerprint density at radius 3 is 1.83 bits per heavy atom. The fourth-order valence-corrected chi connectivity index (χ4v) is 3.61. The molecule has 0 aliphatic heterocycles. The van der Waals surface area contributed by atoms with Gasteiger partial charge in [0, 0.05) is 22.0 Å². The van der Waals surface area contributed by atoms with Crippen LogP contribution in [0, 0.1) is 0 Å². The number of rotatable bonds is 4. The van der Waals surface area contributed by atoms with Gasteiger partial charge < -0.3 is 14.8 Å². The minimum absolute atomic E-state index is 0.134. The van der Waals surface area contributed by atoms with Crippen molar-refractivity contribution in [3.05, 3.63) is 71.8 Å². The molecule has 5 aromatic rings. The molecule has 0 bridgehead atoms. The first kappa shape index (κ1) is 17.6. The molecule has 0 saturated heterocycles. The van der Waals surface area contributed by atoms with Crippen molar-refractivity contribution in [3.63, 3.8) is 0 Å². The number of benzene rings is 3. The second-order valence-electron chi connectivity index (χ2n) is 6.69. The number of aromatic carboxylic acids is 2. The Hall–Kier alpha value is -4.53. The van der Waals surface area contributed by atoms with E-state index in [1.807, 2.05) is 28.8 Å². The van der Waals surface area contributed by atoms with E-state index in [1.165, 1.54) is 12.1 Å². The Bertz CT molecular complexity index is 1370. The average molecular weight is 399 g/mol. The first-order chi connectivity index (χ1) is 14.5. The molecule has 0 amide bonds.